The fourth-order valence-electron chi connectivity index (χ4n) is 3.53. The number of aromatic nitrogens is 2. The first-order valence-corrected chi connectivity index (χ1v) is 10.3. The van der Waals surface area contributed by atoms with Gasteiger partial charge in [-0.2, -0.15) is 13.8 Å². The van der Waals surface area contributed by atoms with Crippen molar-refractivity contribution in [2.75, 3.05) is 22.1 Å². The molecule has 34 heavy (non-hydrogen) atoms. The first-order chi connectivity index (χ1) is 16.2. The molecule has 1 aliphatic rings. The van der Waals surface area contributed by atoms with Gasteiger partial charge in [0.05, 0.1) is 5.69 Å². The van der Waals surface area contributed by atoms with E-state index in [0.29, 0.717) is 11.4 Å². The quantitative estimate of drug-likeness (QED) is 0.506. The molecule has 11 heteroatoms. The summed E-state index contributed by atoms with van der Waals surface area (Å²) in [6.07, 6.45) is 1.47. The summed E-state index contributed by atoms with van der Waals surface area (Å²) in [5, 5.41) is 0. The van der Waals surface area contributed by atoms with Gasteiger partial charge in [-0.15, -0.1) is 0 Å². The Morgan fingerprint density at radius 3 is 2.56 bits per heavy atom. The van der Waals surface area contributed by atoms with Gasteiger partial charge < -0.3 is 15.2 Å². The fraction of sp³-hybridized carbons (Fsp3) is 0.217. The summed E-state index contributed by atoms with van der Waals surface area (Å²) in [5.41, 5.74) is 6.97. The van der Waals surface area contributed by atoms with E-state index in [2.05, 4.69) is 14.7 Å². The highest BCUT2D eigenvalue weighted by Gasteiger charge is 2.38. The highest BCUT2D eigenvalue weighted by Crippen LogP contribution is 2.35. The Morgan fingerprint density at radius 1 is 1.06 bits per heavy atom. The molecule has 1 aliphatic heterocycles. The highest BCUT2D eigenvalue weighted by molar-refractivity contribution is 6.27. The van der Waals surface area contributed by atoms with Crippen molar-refractivity contribution in [1.29, 1.82) is 0 Å². The number of hydrogen-bond donors (Lipinski definition) is 1. The van der Waals surface area contributed by atoms with E-state index in [1.165, 1.54) is 35.4 Å². The van der Waals surface area contributed by atoms with Crippen LogP contribution in [0.4, 0.5) is 30.9 Å². The summed E-state index contributed by atoms with van der Waals surface area (Å²) in [4.78, 5) is 36.0. The zero-order valence-electron chi connectivity index (χ0n) is 18.3. The third-order valence-corrected chi connectivity index (χ3v) is 5.06. The van der Waals surface area contributed by atoms with Gasteiger partial charge in [-0.05, 0) is 41.8 Å². The van der Waals surface area contributed by atoms with Crippen LogP contribution in [0, 0.1) is 0 Å². The number of carbonyl (C=O) groups is 2. The van der Waals surface area contributed by atoms with Crippen LogP contribution in [0.1, 0.15) is 25.3 Å². The Bertz CT molecular complexity index is 1240. The molecule has 9 nitrogen and oxygen atoms in total. The van der Waals surface area contributed by atoms with Crippen LogP contribution in [0.25, 0.3) is 0 Å². The maximum Gasteiger partial charge on any atom is 0.387 e. The van der Waals surface area contributed by atoms with E-state index in [9.17, 15) is 18.4 Å². The number of carbonyl (C=O) groups excluding carboxylic acids is 2. The molecule has 176 valence electrons. The number of anilines is 3. The van der Waals surface area contributed by atoms with E-state index in [0.717, 1.165) is 10.5 Å². The van der Waals surface area contributed by atoms with Crippen LogP contribution in [0.15, 0.2) is 54.7 Å². The van der Waals surface area contributed by atoms with Gasteiger partial charge in [-0.25, -0.2) is 14.7 Å². The number of ether oxygens (including phenoxy) is 2. The summed E-state index contributed by atoms with van der Waals surface area (Å²) < 4.78 is 35.4. The lowest BCUT2D eigenvalue weighted by Crippen LogP contribution is -2.33. The molecule has 0 bridgehead atoms. The minimum atomic E-state index is -3.00. The zero-order valence-corrected chi connectivity index (χ0v) is 18.3. The van der Waals surface area contributed by atoms with E-state index in [4.69, 9.17) is 10.5 Å². The number of nitrogen functional groups attached to an aromatic ring is 1. The molecule has 0 atom stereocenters. The van der Waals surface area contributed by atoms with Crippen LogP contribution < -0.4 is 25.0 Å². The lowest BCUT2D eigenvalue weighted by Gasteiger charge is -2.20. The number of halogens is 2. The van der Waals surface area contributed by atoms with Gasteiger partial charge >= 0.3 is 12.6 Å². The minimum absolute atomic E-state index is 0.0128. The average Bonchev–Trinajstić information content (AvgIpc) is 3.07. The minimum Gasteiger partial charge on any atom is -0.439 e. The van der Waals surface area contributed by atoms with Crippen LogP contribution in [0.2, 0.25) is 0 Å². The molecule has 2 N–H and O–H groups in total. The Hall–Kier alpha value is -4.28. The van der Waals surface area contributed by atoms with Crippen molar-refractivity contribution in [2.45, 2.75) is 26.4 Å². The average molecular weight is 469 g/mol. The molecule has 2 heterocycles. The maximum absolute atomic E-state index is 13.1. The van der Waals surface area contributed by atoms with Crippen molar-refractivity contribution in [3.63, 3.8) is 0 Å². The second-order valence-electron chi connectivity index (χ2n) is 7.71. The molecule has 3 amide bonds. The largest absolute Gasteiger partial charge is 0.439 e. The van der Waals surface area contributed by atoms with Crippen molar-refractivity contribution in [2.24, 2.45) is 0 Å². The van der Waals surface area contributed by atoms with Crippen molar-refractivity contribution in [3.05, 3.63) is 60.3 Å². The summed E-state index contributed by atoms with van der Waals surface area (Å²) in [7, 11) is 0. The zero-order chi connectivity index (χ0) is 24.4. The number of nitrogens with zero attached hydrogens (tertiary/aromatic N) is 4. The monoisotopic (exact) mass is 469 g/mol. The molecule has 1 saturated heterocycles. The summed E-state index contributed by atoms with van der Waals surface area (Å²) in [5.74, 6) is 0.229. The Morgan fingerprint density at radius 2 is 1.85 bits per heavy atom. The lowest BCUT2D eigenvalue weighted by atomic mass is 10.0. The van der Waals surface area contributed by atoms with Crippen LogP contribution in [0.5, 0.6) is 17.4 Å². The Kier molecular flexibility index (Phi) is 6.26. The van der Waals surface area contributed by atoms with Crippen molar-refractivity contribution >= 4 is 29.3 Å². The van der Waals surface area contributed by atoms with Gasteiger partial charge in [-0.1, -0.05) is 19.9 Å². The lowest BCUT2D eigenvalue weighted by molar-refractivity contribution is -0.115. The molecule has 1 aromatic heterocycles. The highest BCUT2D eigenvalue weighted by atomic mass is 19.3. The molecular formula is C23H21F2N5O4. The van der Waals surface area contributed by atoms with Crippen LogP contribution >= 0.6 is 0 Å². The number of nitrogens with two attached hydrogens (primary N) is 1. The number of imide groups is 1. The number of rotatable bonds is 7. The van der Waals surface area contributed by atoms with Gasteiger partial charge in [0.2, 0.25) is 11.8 Å². The van der Waals surface area contributed by atoms with E-state index < -0.39 is 18.5 Å². The standard InChI is InChI=1S/C23H21F2N5O4/c1-13(2)17-11-15(6-7-18(17)34-19-8-9-27-22(26)28-19)30-20(31)12-29(23(30)32)14-4-3-5-16(10-14)33-21(24)25/h3-11,13,21H,12H2,1-2H3,(H2,26,27,28). The number of amides is 3. The smallest absolute Gasteiger partial charge is 0.387 e. The molecular weight excluding hydrogens is 448 g/mol. The van der Waals surface area contributed by atoms with Crippen LogP contribution in [0.3, 0.4) is 0 Å². The number of hydrogen-bond acceptors (Lipinski definition) is 7. The van der Waals surface area contributed by atoms with E-state index in [1.54, 1.807) is 24.3 Å². The summed E-state index contributed by atoms with van der Waals surface area (Å²) in [6, 6.07) is 11.5. The van der Waals surface area contributed by atoms with Gasteiger partial charge in [0, 0.05) is 24.0 Å². The SMILES string of the molecule is CC(C)c1cc(N2C(=O)CN(c3cccc(OC(F)F)c3)C2=O)ccc1Oc1ccnc(N)n1. The molecule has 0 radical (unpaired) electrons. The molecule has 2 aromatic carbocycles. The van der Waals surface area contributed by atoms with E-state index in [1.807, 2.05) is 13.8 Å². The van der Waals surface area contributed by atoms with E-state index >= 15 is 0 Å². The predicted octanol–water partition coefficient (Wildman–Crippen LogP) is 4.55. The molecule has 0 unspecified atom stereocenters. The molecule has 0 spiro atoms. The van der Waals surface area contributed by atoms with Crippen LogP contribution in [-0.2, 0) is 4.79 Å². The normalized spacial score (nSPS) is 13.8. The number of benzene rings is 2. The summed E-state index contributed by atoms with van der Waals surface area (Å²) >= 11 is 0. The van der Waals surface area contributed by atoms with E-state index in [-0.39, 0.29) is 35.7 Å². The van der Waals surface area contributed by atoms with Gasteiger partial charge in [-0.3, -0.25) is 9.69 Å². The fourth-order valence-corrected chi connectivity index (χ4v) is 3.53. The summed E-state index contributed by atoms with van der Waals surface area (Å²) in [6.45, 7) is 0.632. The van der Waals surface area contributed by atoms with Crippen molar-refractivity contribution in [3.8, 4) is 17.4 Å². The number of urea groups is 1. The third-order valence-electron chi connectivity index (χ3n) is 5.06. The number of alkyl halides is 2. The van der Waals surface area contributed by atoms with Crippen molar-refractivity contribution in [1.82, 2.24) is 9.97 Å². The predicted molar refractivity (Wildman–Crippen MR) is 120 cm³/mol. The van der Waals surface area contributed by atoms with Gasteiger partial charge in [0.15, 0.2) is 0 Å². The molecule has 3 aromatic rings. The Labute approximate surface area is 193 Å². The second kappa shape index (κ2) is 9.30. The Balaban J connectivity index is 1.62. The second-order valence-corrected chi connectivity index (χ2v) is 7.71. The molecule has 0 aliphatic carbocycles. The van der Waals surface area contributed by atoms with Crippen LogP contribution in [-0.4, -0.2) is 35.1 Å². The maximum atomic E-state index is 13.1. The first kappa shape index (κ1) is 22.9. The topological polar surface area (TPSA) is 111 Å². The van der Waals surface area contributed by atoms with Crippen molar-refractivity contribution < 1.29 is 27.8 Å². The third kappa shape index (κ3) is 4.72. The molecule has 4 rings (SSSR count). The van der Waals surface area contributed by atoms with Gasteiger partial charge in [0.1, 0.15) is 18.0 Å². The molecule has 0 saturated carbocycles. The first-order valence-electron chi connectivity index (χ1n) is 10.3. The van der Waals surface area contributed by atoms with Gasteiger partial charge in [0.25, 0.3) is 5.91 Å². The molecule has 1 fully saturated rings.